The molecule has 1 aromatic carbocycles. The van der Waals surface area contributed by atoms with Crippen LogP contribution in [0.4, 0.5) is 5.69 Å². The molecule has 2 N–H and O–H groups in total. The highest BCUT2D eigenvalue weighted by atomic mass is 16.5. The van der Waals surface area contributed by atoms with Gasteiger partial charge in [0.05, 0.1) is 16.7 Å². The van der Waals surface area contributed by atoms with E-state index in [-0.39, 0.29) is 16.7 Å². The van der Waals surface area contributed by atoms with Crippen LogP contribution in [0.15, 0.2) is 24.3 Å². The number of para-hydroxylation sites is 1. The monoisotopic (exact) mass is 274 g/mol. The van der Waals surface area contributed by atoms with Gasteiger partial charge in [-0.15, -0.1) is 0 Å². The molecule has 3 nitrogen and oxygen atoms in total. The highest BCUT2D eigenvalue weighted by molar-refractivity contribution is 5.61. The van der Waals surface area contributed by atoms with Crippen molar-refractivity contribution in [2.24, 2.45) is 5.73 Å². The molecule has 1 fully saturated rings. The van der Waals surface area contributed by atoms with Crippen LogP contribution in [-0.2, 0) is 11.2 Å². The third-order valence-electron chi connectivity index (χ3n) is 5.11. The molecule has 0 amide bonds. The van der Waals surface area contributed by atoms with Crippen LogP contribution in [0.25, 0.3) is 0 Å². The number of anilines is 1. The summed E-state index contributed by atoms with van der Waals surface area (Å²) < 4.78 is 6.35. The van der Waals surface area contributed by atoms with Crippen molar-refractivity contribution in [3.8, 4) is 0 Å². The minimum atomic E-state index is -0.247. The van der Waals surface area contributed by atoms with E-state index in [0.29, 0.717) is 6.54 Å². The van der Waals surface area contributed by atoms with Gasteiger partial charge in [-0.1, -0.05) is 18.2 Å². The Bertz CT molecular complexity index is 523. The fourth-order valence-corrected chi connectivity index (χ4v) is 4.37. The zero-order chi connectivity index (χ0) is 14.6. The summed E-state index contributed by atoms with van der Waals surface area (Å²) in [4.78, 5) is 2.51. The molecule has 1 aromatic rings. The van der Waals surface area contributed by atoms with Gasteiger partial charge >= 0.3 is 0 Å². The molecule has 1 saturated heterocycles. The first-order chi connectivity index (χ1) is 9.31. The van der Waals surface area contributed by atoms with Gasteiger partial charge in [0.15, 0.2) is 0 Å². The van der Waals surface area contributed by atoms with Gasteiger partial charge in [0.1, 0.15) is 0 Å². The van der Waals surface area contributed by atoms with Crippen molar-refractivity contribution in [3.05, 3.63) is 29.8 Å². The molecule has 2 aliphatic heterocycles. The molecule has 2 aliphatic rings. The van der Waals surface area contributed by atoms with Crippen molar-refractivity contribution in [3.63, 3.8) is 0 Å². The third kappa shape index (κ3) is 1.80. The normalized spacial score (nSPS) is 30.6. The van der Waals surface area contributed by atoms with Crippen LogP contribution in [-0.4, -0.2) is 29.8 Å². The zero-order valence-corrected chi connectivity index (χ0v) is 13.1. The van der Waals surface area contributed by atoms with E-state index in [9.17, 15) is 0 Å². The first kappa shape index (κ1) is 13.9. The number of fused-ring (bicyclic) bond motifs is 1. The Morgan fingerprint density at radius 2 is 1.90 bits per heavy atom. The second-order valence-corrected chi connectivity index (χ2v) is 7.31. The molecule has 0 aromatic heterocycles. The molecule has 0 aliphatic carbocycles. The van der Waals surface area contributed by atoms with Crippen LogP contribution < -0.4 is 10.6 Å². The van der Waals surface area contributed by atoms with E-state index in [1.54, 1.807) is 0 Å². The van der Waals surface area contributed by atoms with E-state index < -0.39 is 0 Å². The Hall–Kier alpha value is -1.06. The number of rotatable bonds is 2. The van der Waals surface area contributed by atoms with Crippen LogP contribution >= 0.6 is 0 Å². The number of hydrogen-bond donors (Lipinski definition) is 1. The molecular formula is C17H26N2O. The summed E-state index contributed by atoms with van der Waals surface area (Å²) in [6.45, 7) is 10.4. The average molecular weight is 274 g/mol. The molecule has 20 heavy (non-hydrogen) atoms. The van der Waals surface area contributed by atoms with Crippen molar-refractivity contribution in [2.45, 2.75) is 57.3 Å². The molecule has 2 heterocycles. The Balaban J connectivity index is 2.07. The van der Waals surface area contributed by atoms with E-state index in [4.69, 9.17) is 10.5 Å². The molecule has 1 atom stereocenters. The summed E-state index contributed by atoms with van der Waals surface area (Å²) in [7, 11) is 0. The van der Waals surface area contributed by atoms with Crippen LogP contribution in [0, 0.1) is 0 Å². The topological polar surface area (TPSA) is 38.5 Å². The molecular weight excluding hydrogens is 248 g/mol. The lowest BCUT2D eigenvalue weighted by Crippen LogP contribution is -2.63. The van der Waals surface area contributed by atoms with Crippen molar-refractivity contribution in [1.82, 2.24) is 0 Å². The lowest BCUT2D eigenvalue weighted by molar-refractivity contribution is -0.0782. The molecule has 3 heteroatoms. The Morgan fingerprint density at radius 1 is 1.20 bits per heavy atom. The van der Waals surface area contributed by atoms with Gasteiger partial charge in [0, 0.05) is 25.2 Å². The first-order valence-corrected chi connectivity index (χ1v) is 7.57. The molecule has 110 valence electrons. The summed E-state index contributed by atoms with van der Waals surface area (Å²) in [6.07, 6.45) is 2.08. The Morgan fingerprint density at radius 3 is 2.50 bits per heavy atom. The molecule has 1 unspecified atom stereocenters. The SMILES string of the molecule is CC1(C)CC(CN)(N2CCc3ccccc32)C(C)(C)O1. The number of nitrogens with zero attached hydrogens (tertiary/aromatic N) is 1. The van der Waals surface area contributed by atoms with E-state index in [2.05, 4.69) is 56.9 Å². The summed E-state index contributed by atoms with van der Waals surface area (Å²) in [5, 5.41) is 0. The van der Waals surface area contributed by atoms with Crippen LogP contribution in [0.3, 0.4) is 0 Å². The molecule has 0 saturated carbocycles. The minimum absolute atomic E-state index is 0.122. The van der Waals surface area contributed by atoms with Gasteiger partial charge in [0.2, 0.25) is 0 Å². The van der Waals surface area contributed by atoms with Crippen LogP contribution in [0.5, 0.6) is 0 Å². The smallest absolute Gasteiger partial charge is 0.0877 e. The summed E-state index contributed by atoms with van der Waals surface area (Å²) >= 11 is 0. The molecule has 0 spiro atoms. The Kier molecular flexibility index (Phi) is 2.93. The average Bonchev–Trinajstić information content (AvgIpc) is 2.85. The van der Waals surface area contributed by atoms with Crippen LogP contribution in [0.1, 0.15) is 39.7 Å². The molecule has 0 radical (unpaired) electrons. The highest BCUT2D eigenvalue weighted by Crippen LogP contribution is 2.50. The second-order valence-electron chi connectivity index (χ2n) is 7.31. The summed E-state index contributed by atoms with van der Waals surface area (Å²) in [5.74, 6) is 0. The van der Waals surface area contributed by atoms with Crippen molar-refractivity contribution >= 4 is 5.69 Å². The predicted molar refractivity (Wildman–Crippen MR) is 83.1 cm³/mol. The van der Waals surface area contributed by atoms with Gasteiger partial charge < -0.3 is 15.4 Å². The number of ether oxygens (including phenoxy) is 1. The lowest BCUT2D eigenvalue weighted by Gasteiger charge is -2.47. The fourth-order valence-electron chi connectivity index (χ4n) is 4.37. The number of nitrogens with two attached hydrogens (primary N) is 1. The maximum Gasteiger partial charge on any atom is 0.0877 e. The predicted octanol–water partition coefficient (Wildman–Crippen LogP) is 2.72. The van der Waals surface area contributed by atoms with Gasteiger partial charge in [-0.2, -0.15) is 0 Å². The second kappa shape index (κ2) is 4.22. The third-order valence-corrected chi connectivity index (χ3v) is 5.11. The van der Waals surface area contributed by atoms with Crippen LogP contribution in [0.2, 0.25) is 0 Å². The maximum absolute atomic E-state index is 6.35. The van der Waals surface area contributed by atoms with Crippen molar-refractivity contribution in [2.75, 3.05) is 18.0 Å². The van der Waals surface area contributed by atoms with Gasteiger partial charge in [-0.25, -0.2) is 0 Å². The standard InChI is InChI=1S/C17H26N2O/c1-15(2)11-17(12-18,16(3,4)20-15)19-10-9-13-7-5-6-8-14(13)19/h5-8H,9-12,18H2,1-4H3. The first-order valence-electron chi connectivity index (χ1n) is 7.57. The molecule has 3 rings (SSSR count). The van der Waals surface area contributed by atoms with Crippen molar-refractivity contribution < 1.29 is 4.74 Å². The highest BCUT2D eigenvalue weighted by Gasteiger charge is 2.60. The van der Waals surface area contributed by atoms with E-state index in [0.717, 1.165) is 19.4 Å². The van der Waals surface area contributed by atoms with Crippen molar-refractivity contribution in [1.29, 1.82) is 0 Å². The molecule has 0 bridgehead atoms. The van der Waals surface area contributed by atoms with E-state index in [1.807, 2.05) is 0 Å². The summed E-state index contributed by atoms with van der Waals surface area (Å²) in [5.41, 5.74) is 8.56. The minimum Gasteiger partial charge on any atom is -0.367 e. The van der Waals surface area contributed by atoms with Gasteiger partial charge in [-0.05, 0) is 45.7 Å². The van der Waals surface area contributed by atoms with E-state index in [1.165, 1.54) is 11.3 Å². The summed E-state index contributed by atoms with van der Waals surface area (Å²) in [6, 6.07) is 8.70. The quantitative estimate of drug-likeness (QED) is 0.901. The fraction of sp³-hybridized carbons (Fsp3) is 0.647. The Labute approximate surface area is 122 Å². The lowest BCUT2D eigenvalue weighted by atomic mass is 9.77. The largest absolute Gasteiger partial charge is 0.367 e. The zero-order valence-electron chi connectivity index (χ0n) is 13.1. The van der Waals surface area contributed by atoms with Gasteiger partial charge in [-0.3, -0.25) is 0 Å². The maximum atomic E-state index is 6.35. The van der Waals surface area contributed by atoms with E-state index >= 15 is 0 Å². The van der Waals surface area contributed by atoms with Gasteiger partial charge in [0.25, 0.3) is 0 Å². The number of hydrogen-bond acceptors (Lipinski definition) is 3. The number of benzene rings is 1.